The second-order valence-corrected chi connectivity index (χ2v) is 4.41. The second kappa shape index (κ2) is 5.80. The van der Waals surface area contributed by atoms with Gasteiger partial charge in [-0.05, 0) is 42.3 Å². The van der Waals surface area contributed by atoms with E-state index in [-0.39, 0.29) is 17.7 Å². The van der Waals surface area contributed by atoms with Gasteiger partial charge in [-0.25, -0.2) is 8.78 Å². The van der Waals surface area contributed by atoms with Gasteiger partial charge >= 0.3 is 0 Å². The molecule has 0 bridgehead atoms. The lowest BCUT2D eigenvalue weighted by Gasteiger charge is -2.21. The molecule has 2 aromatic rings. The van der Waals surface area contributed by atoms with E-state index in [1.165, 1.54) is 18.2 Å². The number of halogens is 2. The van der Waals surface area contributed by atoms with Crippen LogP contribution in [0.3, 0.4) is 0 Å². The van der Waals surface area contributed by atoms with Gasteiger partial charge < -0.3 is 11.1 Å². The zero-order valence-corrected chi connectivity index (χ0v) is 10.7. The number of nitrogens with one attached hydrogen (secondary N) is 1. The molecule has 0 spiro atoms. The first-order chi connectivity index (χ1) is 9.11. The highest BCUT2D eigenvalue weighted by atomic mass is 19.1. The van der Waals surface area contributed by atoms with Crippen LogP contribution in [0.15, 0.2) is 42.5 Å². The van der Waals surface area contributed by atoms with Crippen LogP contribution < -0.4 is 11.1 Å². The van der Waals surface area contributed by atoms with E-state index in [4.69, 9.17) is 5.73 Å². The lowest BCUT2D eigenvalue weighted by atomic mass is 10.0. The third-order valence-corrected chi connectivity index (χ3v) is 3.05. The molecule has 0 radical (unpaired) electrons. The van der Waals surface area contributed by atoms with Gasteiger partial charge in [-0.15, -0.1) is 0 Å². The highest BCUT2D eigenvalue weighted by Crippen LogP contribution is 2.24. The summed E-state index contributed by atoms with van der Waals surface area (Å²) < 4.78 is 26.7. The predicted molar refractivity (Wildman–Crippen MR) is 73.0 cm³/mol. The van der Waals surface area contributed by atoms with E-state index in [1.807, 2.05) is 6.92 Å². The first-order valence-corrected chi connectivity index (χ1v) is 6.09. The zero-order valence-electron chi connectivity index (χ0n) is 10.7. The molecule has 1 atom stereocenters. The summed E-state index contributed by atoms with van der Waals surface area (Å²) >= 11 is 0. The van der Waals surface area contributed by atoms with Gasteiger partial charge in [0.25, 0.3) is 0 Å². The summed E-state index contributed by atoms with van der Waals surface area (Å²) in [5.41, 5.74) is 7.78. The van der Waals surface area contributed by atoms with Crippen LogP contribution in [-0.4, -0.2) is 6.54 Å². The molecule has 0 amide bonds. The summed E-state index contributed by atoms with van der Waals surface area (Å²) in [6.45, 7) is 2.10. The molecule has 0 saturated carbocycles. The zero-order chi connectivity index (χ0) is 13.8. The molecule has 4 heteroatoms. The minimum Gasteiger partial charge on any atom is -0.375 e. The van der Waals surface area contributed by atoms with Crippen LogP contribution in [0.5, 0.6) is 0 Å². The Kier molecular flexibility index (Phi) is 4.12. The highest BCUT2D eigenvalue weighted by Gasteiger charge is 2.14. The standard InChI is InChI=1S/C15H16F2N2/c1-10-8-11(16)6-7-12(10)15(9-18)19-14-5-3-2-4-13(14)17/h2-8,15,19H,9,18H2,1H3. The van der Waals surface area contributed by atoms with Gasteiger partial charge in [0.2, 0.25) is 0 Å². The van der Waals surface area contributed by atoms with Gasteiger partial charge in [-0.3, -0.25) is 0 Å². The number of hydrogen-bond acceptors (Lipinski definition) is 2. The molecule has 2 rings (SSSR count). The van der Waals surface area contributed by atoms with Crippen molar-refractivity contribution < 1.29 is 8.78 Å². The first kappa shape index (κ1) is 13.5. The Bertz CT molecular complexity index is 570. The summed E-state index contributed by atoms with van der Waals surface area (Å²) in [6, 6.07) is 10.7. The van der Waals surface area contributed by atoms with E-state index >= 15 is 0 Å². The SMILES string of the molecule is Cc1cc(F)ccc1C(CN)Nc1ccccc1F. The Labute approximate surface area is 111 Å². The molecule has 0 heterocycles. The van der Waals surface area contributed by atoms with Gasteiger partial charge in [-0.2, -0.15) is 0 Å². The average Bonchev–Trinajstić information content (AvgIpc) is 2.39. The monoisotopic (exact) mass is 262 g/mol. The van der Waals surface area contributed by atoms with E-state index in [2.05, 4.69) is 5.32 Å². The molecule has 0 fully saturated rings. The van der Waals surface area contributed by atoms with Crippen molar-refractivity contribution >= 4 is 5.69 Å². The van der Waals surface area contributed by atoms with E-state index in [0.717, 1.165) is 11.1 Å². The molecule has 3 N–H and O–H groups in total. The van der Waals surface area contributed by atoms with Crippen molar-refractivity contribution in [1.29, 1.82) is 0 Å². The van der Waals surface area contributed by atoms with Gasteiger partial charge in [0.05, 0.1) is 11.7 Å². The lowest BCUT2D eigenvalue weighted by molar-refractivity contribution is 0.620. The van der Waals surface area contributed by atoms with Crippen LogP contribution in [0.25, 0.3) is 0 Å². The van der Waals surface area contributed by atoms with Crippen molar-refractivity contribution in [3.05, 3.63) is 65.2 Å². The Morgan fingerprint density at radius 2 is 1.89 bits per heavy atom. The Balaban J connectivity index is 2.28. The van der Waals surface area contributed by atoms with Crippen molar-refractivity contribution in [3.8, 4) is 0 Å². The Morgan fingerprint density at radius 1 is 1.16 bits per heavy atom. The van der Waals surface area contributed by atoms with Crippen molar-refractivity contribution in [2.24, 2.45) is 5.73 Å². The fourth-order valence-corrected chi connectivity index (χ4v) is 2.06. The van der Waals surface area contributed by atoms with Crippen LogP contribution >= 0.6 is 0 Å². The third-order valence-electron chi connectivity index (χ3n) is 3.05. The minimum atomic E-state index is -0.333. The van der Waals surface area contributed by atoms with Gasteiger partial charge in [-0.1, -0.05) is 18.2 Å². The number of aryl methyl sites for hydroxylation is 1. The largest absolute Gasteiger partial charge is 0.375 e. The highest BCUT2D eigenvalue weighted by molar-refractivity contribution is 5.47. The average molecular weight is 262 g/mol. The maximum absolute atomic E-state index is 13.6. The number of anilines is 1. The summed E-state index contributed by atoms with van der Waals surface area (Å²) in [7, 11) is 0. The Morgan fingerprint density at radius 3 is 2.53 bits per heavy atom. The van der Waals surface area contributed by atoms with Crippen molar-refractivity contribution in [3.63, 3.8) is 0 Å². The number of hydrogen-bond donors (Lipinski definition) is 2. The first-order valence-electron chi connectivity index (χ1n) is 6.09. The predicted octanol–water partition coefficient (Wildman–Crippen LogP) is 3.39. The third kappa shape index (κ3) is 3.09. The lowest BCUT2D eigenvalue weighted by Crippen LogP contribution is -2.22. The molecule has 2 nitrogen and oxygen atoms in total. The molecule has 0 aliphatic rings. The molecule has 2 aromatic carbocycles. The number of rotatable bonds is 4. The molecule has 100 valence electrons. The normalized spacial score (nSPS) is 12.2. The maximum Gasteiger partial charge on any atom is 0.146 e. The molecular formula is C15H16F2N2. The summed E-state index contributed by atoms with van der Waals surface area (Å²) in [5, 5.41) is 3.05. The molecule has 0 aliphatic heterocycles. The summed E-state index contributed by atoms with van der Waals surface area (Å²) in [5.74, 6) is -0.622. The molecule has 1 unspecified atom stereocenters. The van der Waals surface area contributed by atoms with Crippen molar-refractivity contribution in [2.75, 3.05) is 11.9 Å². The summed E-state index contributed by atoms with van der Waals surface area (Å²) in [6.07, 6.45) is 0. The fourth-order valence-electron chi connectivity index (χ4n) is 2.06. The van der Waals surface area contributed by atoms with Crippen LogP contribution in [-0.2, 0) is 0 Å². The molecular weight excluding hydrogens is 246 g/mol. The molecule has 0 saturated heterocycles. The molecule has 0 aliphatic carbocycles. The number of para-hydroxylation sites is 1. The van der Waals surface area contributed by atoms with E-state index in [0.29, 0.717) is 12.2 Å². The maximum atomic E-state index is 13.6. The topological polar surface area (TPSA) is 38.0 Å². The minimum absolute atomic E-state index is 0.252. The van der Waals surface area contributed by atoms with E-state index in [1.54, 1.807) is 24.3 Å². The van der Waals surface area contributed by atoms with Crippen LogP contribution in [0.4, 0.5) is 14.5 Å². The Hall–Kier alpha value is -1.94. The quantitative estimate of drug-likeness (QED) is 0.886. The van der Waals surface area contributed by atoms with Crippen molar-refractivity contribution in [2.45, 2.75) is 13.0 Å². The van der Waals surface area contributed by atoms with Crippen LogP contribution in [0.2, 0.25) is 0 Å². The number of benzene rings is 2. The van der Waals surface area contributed by atoms with Crippen LogP contribution in [0.1, 0.15) is 17.2 Å². The van der Waals surface area contributed by atoms with Gasteiger partial charge in [0, 0.05) is 6.54 Å². The van der Waals surface area contributed by atoms with Crippen LogP contribution in [0, 0.1) is 18.6 Å². The van der Waals surface area contributed by atoms with Gasteiger partial charge in [0.1, 0.15) is 11.6 Å². The van der Waals surface area contributed by atoms with E-state index in [9.17, 15) is 8.78 Å². The summed E-state index contributed by atoms with van der Waals surface area (Å²) in [4.78, 5) is 0. The van der Waals surface area contributed by atoms with Crippen molar-refractivity contribution in [1.82, 2.24) is 0 Å². The van der Waals surface area contributed by atoms with E-state index < -0.39 is 0 Å². The van der Waals surface area contributed by atoms with Gasteiger partial charge in [0.15, 0.2) is 0 Å². The molecule has 19 heavy (non-hydrogen) atoms. The molecule has 0 aromatic heterocycles. The fraction of sp³-hybridized carbons (Fsp3) is 0.200. The smallest absolute Gasteiger partial charge is 0.146 e. The number of nitrogens with two attached hydrogens (primary N) is 1. The second-order valence-electron chi connectivity index (χ2n) is 4.41.